The second kappa shape index (κ2) is 7.19. The highest BCUT2D eigenvalue weighted by Gasteiger charge is 2.18. The number of hydrogen-bond acceptors (Lipinski definition) is 7. The molecule has 1 amide bonds. The first-order valence-electron chi connectivity index (χ1n) is 7.63. The molecule has 12 heteroatoms. The topological polar surface area (TPSA) is 150 Å². The van der Waals surface area contributed by atoms with Gasteiger partial charge in [-0.2, -0.15) is 0 Å². The van der Waals surface area contributed by atoms with E-state index in [0.29, 0.717) is 6.07 Å². The van der Waals surface area contributed by atoms with E-state index in [0.717, 1.165) is 35.2 Å². The van der Waals surface area contributed by atoms with Gasteiger partial charge in [-0.15, -0.1) is 0 Å². The molecular formula is C16H10FN5O6. The largest absolute Gasteiger partial charge is 0.319 e. The van der Waals surface area contributed by atoms with Gasteiger partial charge in [0.15, 0.2) is 0 Å². The van der Waals surface area contributed by atoms with E-state index in [-0.39, 0.29) is 22.3 Å². The fraction of sp³-hybridized carbons (Fsp3) is 0.0625. The van der Waals surface area contributed by atoms with Gasteiger partial charge in [0.1, 0.15) is 18.0 Å². The maximum absolute atomic E-state index is 13.2. The van der Waals surface area contributed by atoms with Crippen molar-refractivity contribution >= 4 is 33.9 Å². The monoisotopic (exact) mass is 387 g/mol. The lowest BCUT2D eigenvalue weighted by molar-refractivity contribution is -0.384. The fourth-order valence-electron chi connectivity index (χ4n) is 2.48. The molecule has 0 radical (unpaired) electrons. The molecule has 2 aromatic carbocycles. The number of nitro benzene ring substituents is 2. The standard InChI is InChI=1S/C16H10FN5O6/c17-9-1-4-12(14(5-9)22(27)28)19-15(23)7-20-8-18-13-6-10(21(25)26)2-3-11(13)16(20)24/h1-6,8H,7H2,(H,19,23). The Kier molecular flexibility index (Phi) is 4.76. The Morgan fingerprint density at radius 1 is 1.14 bits per heavy atom. The SMILES string of the molecule is O=C(Cn1cnc2cc([N+](=O)[O-])ccc2c1=O)Nc1ccc(F)cc1[N+](=O)[O-]. The van der Waals surface area contributed by atoms with Crippen molar-refractivity contribution in [1.82, 2.24) is 9.55 Å². The van der Waals surface area contributed by atoms with Crippen LogP contribution in [0.1, 0.15) is 0 Å². The molecule has 0 spiro atoms. The lowest BCUT2D eigenvalue weighted by Gasteiger charge is -2.08. The first-order valence-corrected chi connectivity index (χ1v) is 7.63. The molecule has 0 fully saturated rings. The van der Waals surface area contributed by atoms with Gasteiger partial charge < -0.3 is 5.32 Å². The number of rotatable bonds is 5. The number of carbonyl (C=O) groups excluding carboxylic acids is 1. The molecule has 0 saturated carbocycles. The summed E-state index contributed by atoms with van der Waals surface area (Å²) in [6.45, 7) is -0.521. The number of non-ortho nitro benzene ring substituents is 1. The van der Waals surface area contributed by atoms with Crippen molar-refractivity contribution in [2.24, 2.45) is 0 Å². The van der Waals surface area contributed by atoms with Crippen LogP contribution in [0.3, 0.4) is 0 Å². The van der Waals surface area contributed by atoms with Crippen molar-refractivity contribution in [3.63, 3.8) is 0 Å². The summed E-state index contributed by atoms with van der Waals surface area (Å²) in [5.41, 5.74) is -1.63. The van der Waals surface area contributed by atoms with Gasteiger partial charge in [0.05, 0.1) is 33.1 Å². The van der Waals surface area contributed by atoms with Crippen LogP contribution >= 0.6 is 0 Å². The van der Waals surface area contributed by atoms with Gasteiger partial charge in [0.25, 0.3) is 16.9 Å². The number of anilines is 1. The molecule has 0 bridgehead atoms. The van der Waals surface area contributed by atoms with Crippen molar-refractivity contribution in [3.8, 4) is 0 Å². The first kappa shape index (κ1) is 18.6. The molecule has 142 valence electrons. The second-order valence-corrected chi connectivity index (χ2v) is 5.60. The minimum atomic E-state index is -0.852. The average Bonchev–Trinajstić information content (AvgIpc) is 2.65. The summed E-state index contributed by atoms with van der Waals surface area (Å²) < 4.78 is 14.1. The molecule has 0 aliphatic carbocycles. The van der Waals surface area contributed by atoms with Crippen LogP contribution in [0.2, 0.25) is 0 Å². The van der Waals surface area contributed by atoms with E-state index < -0.39 is 39.4 Å². The quantitative estimate of drug-likeness (QED) is 0.519. The van der Waals surface area contributed by atoms with E-state index in [1.807, 2.05) is 0 Å². The van der Waals surface area contributed by atoms with E-state index in [1.54, 1.807) is 0 Å². The van der Waals surface area contributed by atoms with Crippen LogP contribution in [0, 0.1) is 26.0 Å². The summed E-state index contributed by atoms with van der Waals surface area (Å²) in [5, 5.41) is 24.1. The summed E-state index contributed by atoms with van der Waals surface area (Å²) in [6.07, 6.45) is 1.03. The lowest BCUT2D eigenvalue weighted by atomic mass is 10.2. The number of amides is 1. The Bertz CT molecular complexity index is 1190. The molecule has 3 rings (SSSR count). The number of nitrogens with one attached hydrogen (secondary N) is 1. The molecule has 28 heavy (non-hydrogen) atoms. The summed E-state index contributed by atoms with van der Waals surface area (Å²) >= 11 is 0. The molecule has 1 N–H and O–H groups in total. The van der Waals surface area contributed by atoms with Crippen LogP contribution in [0.15, 0.2) is 47.5 Å². The zero-order valence-electron chi connectivity index (χ0n) is 13.9. The Morgan fingerprint density at radius 2 is 1.89 bits per heavy atom. The van der Waals surface area contributed by atoms with Crippen LogP contribution in [0.25, 0.3) is 10.9 Å². The van der Waals surface area contributed by atoms with Crippen LogP contribution in [-0.2, 0) is 11.3 Å². The fourth-order valence-corrected chi connectivity index (χ4v) is 2.48. The number of benzene rings is 2. The third-order valence-corrected chi connectivity index (χ3v) is 3.76. The molecule has 0 aliphatic heterocycles. The summed E-state index contributed by atoms with van der Waals surface area (Å²) in [4.78, 5) is 48.8. The van der Waals surface area contributed by atoms with Gasteiger partial charge in [0, 0.05) is 12.1 Å². The Balaban J connectivity index is 1.87. The lowest BCUT2D eigenvalue weighted by Crippen LogP contribution is -2.28. The summed E-state index contributed by atoms with van der Waals surface area (Å²) in [7, 11) is 0. The maximum Gasteiger partial charge on any atom is 0.295 e. The average molecular weight is 387 g/mol. The molecule has 1 aromatic heterocycles. The zero-order chi connectivity index (χ0) is 20.4. The normalized spacial score (nSPS) is 10.6. The maximum atomic E-state index is 13.2. The smallest absolute Gasteiger partial charge is 0.295 e. The van der Waals surface area contributed by atoms with Gasteiger partial charge in [-0.3, -0.25) is 34.4 Å². The molecular weight excluding hydrogens is 377 g/mol. The molecule has 0 aliphatic rings. The van der Waals surface area contributed by atoms with Gasteiger partial charge in [-0.05, 0) is 18.2 Å². The van der Waals surface area contributed by atoms with E-state index in [2.05, 4.69) is 10.3 Å². The van der Waals surface area contributed by atoms with Crippen LogP contribution < -0.4 is 10.9 Å². The van der Waals surface area contributed by atoms with Gasteiger partial charge in [0.2, 0.25) is 5.91 Å². The number of nitro groups is 2. The van der Waals surface area contributed by atoms with Gasteiger partial charge in [-0.25, -0.2) is 9.37 Å². The van der Waals surface area contributed by atoms with Gasteiger partial charge in [-0.1, -0.05) is 0 Å². The van der Waals surface area contributed by atoms with Crippen molar-refractivity contribution in [1.29, 1.82) is 0 Å². The predicted octanol–water partition coefficient (Wildman–Crippen LogP) is 1.99. The Labute approximate surface area is 154 Å². The second-order valence-electron chi connectivity index (χ2n) is 5.60. The summed E-state index contributed by atoms with van der Waals surface area (Å²) in [5.74, 6) is -1.62. The predicted molar refractivity (Wildman–Crippen MR) is 94.3 cm³/mol. The van der Waals surface area contributed by atoms with Crippen molar-refractivity contribution < 1.29 is 19.0 Å². The number of hydrogen-bond donors (Lipinski definition) is 1. The Hall–Kier alpha value is -4.22. The minimum absolute atomic E-state index is 0.0636. The number of halogens is 1. The van der Waals surface area contributed by atoms with Crippen LogP contribution in [0.4, 0.5) is 21.5 Å². The highest BCUT2D eigenvalue weighted by atomic mass is 19.1. The molecule has 11 nitrogen and oxygen atoms in total. The summed E-state index contributed by atoms with van der Waals surface area (Å²) in [6, 6.07) is 6.13. The van der Waals surface area contributed by atoms with E-state index >= 15 is 0 Å². The minimum Gasteiger partial charge on any atom is -0.319 e. The number of fused-ring (bicyclic) bond motifs is 1. The first-order chi connectivity index (χ1) is 13.3. The van der Waals surface area contributed by atoms with E-state index in [9.17, 15) is 34.2 Å². The van der Waals surface area contributed by atoms with Crippen LogP contribution in [-0.4, -0.2) is 25.3 Å². The molecule has 3 aromatic rings. The van der Waals surface area contributed by atoms with Crippen molar-refractivity contribution in [2.45, 2.75) is 6.54 Å². The van der Waals surface area contributed by atoms with Crippen LogP contribution in [0.5, 0.6) is 0 Å². The van der Waals surface area contributed by atoms with E-state index in [4.69, 9.17) is 0 Å². The number of nitrogens with zero attached hydrogens (tertiary/aromatic N) is 4. The number of carbonyl (C=O) groups is 1. The van der Waals surface area contributed by atoms with Crippen molar-refractivity contribution in [3.05, 3.63) is 79.1 Å². The van der Waals surface area contributed by atoms with E-state index in [1.165, 1.54) is 6.07 Å². The highest BCUT2D eigenvalue weighted by Crippen LogP contribution is 2.25. The molecule has 0 saturated heterocycles. The molecule has 0 atom stereocenters. The third-order valence-electron chi connectivity index (χ3n) is 3.76. The van der Waals surface area contributed by atoms with Crippen molar-refractivity contribution in [2.75, 3.05) is 5.32 Å². The third kappa shape index (κ3) is 3.65. The molecule has 0 unspecified atom stereocenters. The highest BCUT2D eigenvalue weighted by molar-refractivity contribution is 5.93. The zero-order valence-corrected chi connectivity index (χ0v) is 13.9. The number of aromatic nitrogens is 2. The van der Waals surface area contributed by atoms with Gasteiger partial charge >= 0.3 is 0 Å². The Morgan fingerprint density at radius 3 is 2.57 bits per heavy atom. The molecule has 1 heterocycles.